The Balaban J connectivity index is 1.62. The number of amides is 1. The topological polar surface area (TPSA) is 35.6 Å². The third kappa shape index (κ3) is 3.17. The highest BCUT2D eigenvalue weighted by Crippen LogP contribution is 2.28. The minimum Gasteiger partial charge on any atom is -0.373 e. The van der Waals surface area contributed by atoms with E-state index in [1.165, 1.54) is 57.3 Å². The summed E-state index contributed by atoms with van der Waals surface area (Å²) in [7, 11) is 0. The van der Waals surface area contributed by atoms with E-state index in [4.69, 9.17) is 0 Å². The zero-order valence-electron chi connectivity index (χ0n) is 12.4. The van der Waals surface area contributed by atoms with Crippen LogP contribution in [0.15, 0.2) is 11.3 Å². The molecule has 112 valence electrons. The van der Waals surface area contributed by atoms with Crippen LogP contribution >= 0.6 is 0 Å². The van der Waals surface area contributed by atoms with Crippen molar-refractivity contribution in [1.82, 2.24) is 15.1 Å². The number of hydrogen-bond donors (Lipinski definition) is 1. The molecule has 1 N–H and O–H groups in total. The van der Waals surface area contributed by atoms with Crippen LogP contribution in [0, 0.1) is 0 Å². The van der Waals surface area contributed by atoms with E-state index in [-0.39, 0.29) is 0 Å². The highest BCUT2D eigenvalue weighted by molar-refractivity contribution is 5.47. The largest absolute Gasteiger partial charge is 0.373 e. The minimum atomic E-state index is 0.537. The van der Waals surface area contributed by atoms with Crippen LogP contribution in [-0.4, -0.2) is 48.6 Å². The molecule has 0 aromatic heterocycles. The first kappa shape index (κ1) is 13.9. The molecule has 3 aliphatic heterocycles. The van der Waals surface area contributed by atoms with Crippen molar-refractivity contribution >= 4 is 6.41 Å². The molecule has 4 heteroatoms. The summed E-state index contributed by atoms with van der Waals surface area (Å²) < 4.78 is 0. The van der Waals surface area contributed by atoms with E-state index >= 15 is 0 Å². The van der Waals surface area contributed by atoms with Gasteiger partial charge in [-0.1, -0.05) is 12.8 Å². The van der Waals surface area contributed by atoms with E-state index in [1.807, 2.05) is 4.90 Å². The number of nitrogens with zero attached hydrogens (tertiary/aromatic N) is 2. The fourth-order valence-electron chi connectivity index (χ4n) is 3.79. The Kier molecular flexibility index (Phi) is 4.61. The van der Waals surface area contributed by atoms with Gasteiger partial charge in [-0.3, -0.25) is 9.69 Å². The van der Waals surface area contributed by atoms with Gasteiger partial charge >= 0.3 is 0 Å². The van der Waals surface area contributed by atoms with E-state index in [0.717, 1.165) is 32.3 Å². The van der Waals surface area contributed by atoms with E-state index in [1.54, 1.807) is 5.57 Å². The van der Waals surface area contributed by atoms with Crippen LogP contribution in [0.2, 0.25) is 0 Å². The van der Waals surface area contributed by atoms with Crippen molar-refractivity contribution in [2.75, 3.05) is 26.2 Å². The van der Waals surface area contributed by atoms with E-state index in [9.17, 15) is 4.79 Å². The number of nitrogens with one attached hydrogen (secondary N) is 1. The maximum absolute atomic E-state index is 10.9. The van der Waals surface area contributed by atoms with E-state index < -0.39 is 0 Å². The van der Waals surface area contributed by atoms with Crippen LogP contribution in [0.3, 0.4) is 0 Å². The van der Waals surface area contributed by atoms with Gasteiger partial charge in [0.1, 0.15) is 0 Å². The summed E-state index contributed by atoms with van der Waals surface area (Å²) in [6.45, 7) is 4.28. The van der Waals surface area contributed by atoms with Crippen molar-refractivity contribution in [2.45, 2.75) is 57.5 Å². The van der Waals surface area contributed by atoms with Crippen LogP contribution in [0.5, 0.6) is 0 Å². The molecule has 3 heterocycles. The number of likely N-dealkylation sites (tertiary alicyclic amines) is 1. The second-order valence-corrected chi connectivity index (χ2v) is 6.37. The van der Waals surface area contributed by atoms with Gasteiger partial charge < -0.3 is 10.2 Å². The van der Waals surface area contributed by atoms with Gasteiger partial charge in [-0.15, -0.1) is 0 Å². The van der Waals surface area contributed by atoms with E-state index in [0.29, 0.717) is 6.17 Å². The summed E-state index contributed by atoms with van der Waals surface area (Å²) in [5, 5.41) is 3.80. The average Bonchev–Trinajstić information content (AvgIpc) is 2.87. The van der Waals surface area contributed by atoms with Crippen molar-refractivity contribution in [3.8, 4) is 0 Å². The molecule has 20 heavy (non-hydrogen) atoms. The molecule has 3 rings (SSSR count). The molecular weight excluding hydrogens is 250 g/mol. The number of carbonyl (C=O) groups excluding carboxylic acids is 1. The van der Waals surface area contributed by atoms with Crippen LogP contribution < -0.4 is 5.32 Å². The molecular formula is C16H27N3O. The van der Waals surface area contributed by atoms with Gasteiger partial charge in [0.25, 0.3) is 0 Å². The Morgan fingerprint density at radius 2 is 1.70 bits per heavy atom. The normalized spacial score (nSPS) is 29.2. The first-order valence-corrected chi connectivity index (χ1v) is 8.27. The van der Waals surface area contributed by atoms with Crippen LogP contribution in [-0.2, 0) is 4.79 Å². The molecule has 0 saturated carbocycles. The van der Waals surface area contributed by atoms with Crippen molar-refractivity contribution in [3.63, 3.8) is 0 Å². The molecule has 0 radical (unpaired) electrons. The zero-order valence-corrected chi connectivity index (χ0v) is 12.4. The number of hydrogen-bond acceptors (Lipinski definition) is 3. The molecule has 0 aliphatic carbocycles. The second kappa shape index (κ2) is 6.61. The number of carbonyl (C=O) groups is 1. The average molecular weight is 277 g/mol. The van der Waals surface area contributed by atoms with Gasteiger partial charge in [-0.25, -0.2) is 0 Å². The highest BCUT2D eigenvalue weighted by Gasteiger charge is 2.27. The standard InChI is InChI=1S/C16H27N3O/c20-13-18-11-7-14-5-6-16(17-15(14)8-12-18)19-9-3-1-2-4-10-19/h13,16-17H,1-12H2. The Bertz CT molecular complexity index is 372. The first-order valence-electron chi connectivity index (χ1n) is 8.27. The number of rotatable bonds is 2. The van der Waals surface area contributed by atoms with E-state index in [2.05, 4.69) is 10.2 Å². The molecule has 0 bridgehead atoms. The monoisotopic (exact) mass is 277 g/mol. The Labute approximate surface area is 122 Å². The Morgan fingerprint density at radius 1 is 0.950 bits per heavy atom. The van der Waals surface area contributed by atoms with Gasteiger partial charge in [0, 0.05) is 38.3 Å². The van der Waals surface area contributed by atoms with Gasteiger partial charge in [-0.2, -0.15) is 0 Å². The maximum atomic E-state index is 10.9. The molecule has 0 spiro atoms. The molecule has 3 aliphatic rings. The van der Waals surface area contributed by atoms with Crippen molar-refractivity contribution in [3.05, 3.63) is 11.3 Å². The Hall–Kier alpha value is -1.03. The molecule has 1 atom stereocenters. The molecule has 1 unspecified atom stereocenters. The molecule has 0 aromatic rings. The predicted molar refractivity (Wildman–Crippen MR) is 80.1 cm³/mol. The van der Waals surface area contributed by atoms with Crippen LogP contribution in [0.25, 0.3) is 0 Å². The highest BCUT2D eigenvalue weighted by atomic mass is 16.1. The second-order valence-electron chi connectivity index (χ2n) is 6.37. The lowest BCUT2D eigenvalue weighted by Gasteiger charge is -2.37. The van der Waals surface area contributed by atoms with Crippen LogP contribution in [0.1, 0.15) is 51.4 Å². The summed E-state index contributed by atoms with van der Waals surface area (Å²) in [6.07, 6.45) is 11.6. The summed E-state index contributed by atoms with van der Waals surface area (Å²) in [4.78, 5) is 15.5. The lowest BCUT2D eigenvalue weighted by molar-refractivity contribution is -0.118. The minimum absolute atomic E-state index is 0.537. The zero-order chi connectivity index (χ0) is 13.8. The molecule has 1 saturated heterocycles. The van der Waals surface area contributed by atoms with Crippen LogP contribution in [0.4, 0.5) is 0 Å². The maximum Gasteiger partial charge on any atom is 0.209 e. The SMILES string of the molecule is O=CN1CCC2=C(CC1)NC(N1CCCCCC1)CC2. The lowest BCUT2D eigenvalue weighted by Crippen LogP contribution is -2.47. The summed E-state index contributed by atoms with van der Waals surface area (Å²) in [5.41, 5.74) is 3.01. The van der Waals surface area contributed by atoms with Gasteiger partial charge in [-0.05, 0) is 37.7 Å². The molecule has 1 fully saturated rings. The van der Waals surface area contributed by atoms with Crippen molar-refractivity contribution < 1.29 is 4.79 Å². The summed E-state index contributed by atoms with van der Waals surface area (Å²) in [5.74, 6) is 0. The quantitative estimate of drug-likeness (QED) is 0.785. The molecule has 0 aromatic carbocycles. The fourth-order valence-corrected chi connectivity index (χ4v) is 3.79. The van der Waals surface area contributed by atoms with Gasteiger partial charge in [0.2, 0.25) is 6.41 Å². The third-order valence-electron chi connectivity index (χ3n) is 5.07. The summed E-state index contributed by atoms with van der Waals surface area (Å²) >= 11 is 0. The molecule has 1 amide bonds. The van der Waals surface area contributed by atoms with Crippen molar-refractivity contribution in [2.24, 2.45) is 0 Å². The lowest BCUT2D eigenvalue weighted by atomic mass is 9.97. The third-order valence-corrected chi connectivity index (χ3v) is 5.07. The smallest absolute Gasteiger partial charge is 0.209 e. The summed E-state index contributed by atoms with van der Waals surface area (Å²) in [6, 6.07) is 0. The first-order chi connectivity index (χ1) is 9.86. The van der Waals surface area contributed by atoms with Gasteiger partial charge in [0.15, 0.2) is 0 Å². The van der Waals surface area contributed by atoms with Crippen molar-refractivity contribution in [1.29, 1.82) is 0 Å². The predicted octanol–water partition coefficient (Wildman–Crippen LogP) is 2.08. The molecule has 4 nitrogen and oxygen atoms in total. The van der Waals surface area contributed by atoms with Gasteiger partial charge in [0.05, 0.1) is 6.17 Å². The Morgan fingerprint density at radius 3 is 2.45 bits per heavy atom. The fraction of sp³-hybridized carbons (Fsp3) is 0.812.